The maximum absolute atomic E-state index is 12.6. The van der Waals surface area contributed by atoms with Gasteiger partial charge >= 0.3 is 0 Å². The van der Waals surface area contributed by atoms with Crippen molar-refractivity contribution in [3.63, 3.8) is 0 Å². The van der Waals surface area contributed by atoms with Crippen molar-refractivity contribution in [2.45, 2.75) is 43.9 Å². The minimum absolute atomic E-state index is 0.00860. The number of amides is 1. The molecule has 23 heavy (non-hydrogen) atoms. The van der Waals surface area contributed by atoms with E-state index in [0.717, 1.165) is 18.2 Å². The quantitative estimate of drug-likeness (QED) is 0.945. The summed E-state index contributed by atoms with van der Waals surface area (Å²) in [6, 6.07) is 3.50. The van der Waals surface area contributed by atoms with E-state index in [1.807, 2.05) is 4.90 Å². The van der Waals surface area contributed by atoms with Crippen LogP contribution in [0.1, 0.15) is 66.1 Å². The largest absolute Gasteiger partial charge is 0.459 e. The van der Waals surface area contributed by atoms with Gasteiger partial charge < -0.3 is 9.32 Å². The van der Waals surface area contributed by atoms with E-state index >= 15 is 0 Å². The predicted molar refractivity (Wildman–Crippen MR) is 82.0 cm³/mol. The van der Waals surface area contributed by atoms with E-state index in [1.165, 1.54) is 32.1 Å². The number of aromatic nitrogens is 3. The number of furan rings is 1. The van der Waals surface area contributed by atoms with Crippen LogP contribution < -0.4 is 0 Å². The molecule has 5 rings (SSSR count). The molecule has 1 saturated heterocycles. The highest BCUT2D eigenvalue weighted by molar-refractivity contribution is 5.91. The molecule has 6 nitrogen and oxygen atoms in total. The number of hydrogen-bond donors (Lipinski definition) is 1. The Morgan fingerprint density at radius 2 is 2.26 bits per heavy atom. The van der Waals surface area contributed by atoms with Crippen LogP contribution >= 0.6 is 0 Å². The van der Waals surface area contributed by atoms with Gasteiger partial charge in [0.05, 0.1) is 6.26 Å². The molecule has 3 aliphatic rings. The Morgan fingerprint density at radius 1 is 1.39 bits per heavy atom. The molecule has 1 atom stereocenters. The highest BCUT2D eigenvalue weighted by Gasteiger charge is 2.53. The van der Waals surface area contributed by atoms with Crippen molar-refractivity contribution in [3.8, 4) is 0 Å². The first-order valence-electron chi connectivity index (χ1n) is 8.50. The molecule has 1 amide bonds. The second-order valence-electron chi connectivity index (χ2n) is 7.28. The van der Waals surface area contributed by atoms with Gasteiger partial charge in [-0.15, -0.1) is 0 Å². The zero-order valence-electron chi connectivity index (χ0n) is 13.0. The van der Waals surface area contributed by atoms with Gasteiger partial charge in [0, 0.05) is 24.9 Å². The van der Waals surface area contributed by atoms with Crippen LogP contribution in [0.2, 0.25) is 0 Å². The fourth-order valence-electron chi connectivity index (χ4n) is 4.16. The van der Waals surface area contributed by atoms with Gasteiger partial charge in [-0.1, -0.05) is 6.42 Å². The van der Waals surface area contributed by atoms with Gasteiger partial charge in [-0.05, 0) is 43.2 Å². The fourth-order valence-corrected chi connectivity index (χ4v) is 4.16. The van der Waals surface area contributed by atoms with Gasteiger partial charge in [-0.3, -0.25) is 9.89 Å². The summed E-state index contributed by atoms with van der Waals surface area (Å²) in [4.78, 5) is 19.3. The lowest BCUT2D eigenvalue weighted by Gasteiger charge is -2.41. The summed E-state index contributed by atoms with van der Waals surface area (Å²) in [6.07, 6.45) is 7.53. The first-order chi connectivity index (χ1) is 11.3. The molecule has 2 saturated carbocycles. The predicted octanol–water partition coefficient (Wildman–Crippen LogP) is 2.69. The second kappa shape index (κ2) is 4.69. The molecule has 0 radical (unpaired) electrons. The monoisotopic (exact) mass is 312 g/mol. The van der Waals surface area contributed by atoms with Crippen molar-refractivity contribution in [3.05, 3.63) is 35.8 Å². The lowest BCUT2D eigenvalue weighted by Crippen LogP contribution is -2.38. The Bertz CT molecular complexity index is 728. The summed E-state index contributed by atoms with van der Waals surface area (Å²) in [5, 5.41) is 7.57. The van der Waals surface area contributed by atoms with Crippen LogP contribution in [0.3, 0.4) is 0 Å². The molecule has 3 fully saturated rings. The van der Waals surface area contributed by atoms with Crippen LogP contribution in [0, 0.1) is 5.41 Å². The van der Waals surface area contributed by atoms with E-state index in [0.29, 0.717) is 18.2 Å². The molecule has 0 aromatic carbocycles. The van der Waals surface area contributed by atoms with Crippen LogP contribution in [-0.4, -0.2) is 39.1 Å². The van der Waals surface area contributed by atoms with Crippen LogP contribution in [0.25, 0.3) is 0 Å². The third-order valence-corrected chi connectivity index (χ3v) is 5.81. The van der Waals surface area contributed by atoms with Gasteiger partial charge in [0.25, 0.3) is 5.91 Å². The molecule has 1 N–H and O–H groups in total. The maximum Gasteiger partial charge on any atom is 0.289 e. The zero-order chi connectivity index (χ0) is 15.4. The molecule has 6 heteroatoms. The van der Waals surface area contributed by atoms with Crippen LogP contribution in [0.15, 0.2) is 22.8 Å². The van der Waals surface area contributed by atoms with E-state index in [1.54, 1.807) is 18.4 Å². The topological polar surface area (TPSA) is 75.0 Å². The number of aromatic amines is 1. The highest BCUT2D eigenvalue weighted by atomic mass is 16.3. The van der Waals surface area contributed by atoms with Crippen molar-refractivity contribution in [1.29, 1.82) is 0 Å². The van der Waals surface area contributed by atoms with Crippen molar-refractivity contribution in [2.75, 3.05) is 13.1 Å². The summed E-state index contributed by atoms with van der Waals surface area (Å²) < 4.78 is 5.29. The molecular weight excluding hydrogens is 292 g/mol. The van der Waals surface area contributed by atoms with E-state index in [4.69, 9.17) is 9.40 Å². The molecule has 3 heterocycles. The molecule has 1 aliphatic heterocycles. The second-order valence-corrected chi connectivity index (χ2v) is 7.28. The first-order valence-corrected chi connectivity index (χ1v) is 8.50. The minimum atomic E-state index is -0.00860. The Hall–Kier alpha value is -2.11. The lowest BCUT2D eigenvalue weighted by molar-refractivity contribution is 0.0694. The van der Waals surface area contributed by atoms with Crippen LogP contribution in [0.4, 0.5) is 0 Å². The lowest BCUT2D eigenvalue weighted by atomic mass is 9.62. The van der Waals surface area contributed by atoms with Gasteiger partial charge in [0.15, 0.2) is 11.6 Å². The number of rotatable bonds is 3. The summed E-state index contributed by atoms with van der Waals surface area (Å²) in [6.45, 7) is 1.51. The molecular formula is C17H20N4O2. The highest BCUT2D eigenvalue weighted by Crippen LogP contribution is 2.55. The van der Waals surface area contributed by atoms with Crippen LogP contribution in [-0.2, 0) is 0 Å². The number of carbonyl (C=O) groups is 1. The number of nitrogens with one attached hydrogen (secondary N) is 1. The minimum Gasteiger partial charge on any atom is -0.459 e. The molecule has 0 bridgehead atoms. The Balaban J connectivity index is 1.42. The standard InChI is InChI=1S/C17H20N4O2/c22-16(13-3-1-8-23-13)21-9-12(17(10-21)6-2-7-17)15-18-14(19-20-15)11-4-5-11/h1,3,8,11-12H,2,4-7,9-10H2,(H,18,19,20). The molecule has 1 spiro atoms. The molecule has 2 aliphatic carbocycles. The average molecular weight is 312 g/mol. The van der Waals surface area contributed by atoms with Crippen molar-refractivity contribution in [2.24, 2.45) is 5.41 Å². The number of nitrogens with zero attached hydrogens (tertiary/aromatic N) is 3. The number of likely N-dealkylation sites (tertiary alicyclic amines) is 1. The van der Waals surface area contributed by atoms with Crippen molar-refractivity contribution >= 4 is 5.91 Å². The Morgan fingerprint density at radius 3 is 2.91 bits per heavy atom. The van der Waals surface area contributed by atoms with E-state index < -0.39 is 0 Å². The summed E-state index contributed by atoms with van der Waals surface area (Å²) in [5.41, 5.74) is 0.183. The normalized spacial score (nSPS) is 25.7. The van der Waals surface area contributed by atoms with Crippen molar-refractivity contribution < 1.29 is 9.21 Å². The van der Waals surface area contributed by atoms with Gasteiger partial charge in [0.1, 0.15) is 5.82 Å². The summed E-state index contributed by atoms with van der Waals surface area (Å²) >= 11 is 0. The third-order valence-electron chi connectivity index (χ3n) is 5.81. The molecule has 2 aromatic rings. The Labute approximate surface area is 134 Å². The van der Waals surface area contributed by atoms with Gasteiger partial charge in [0.2, 0.25) is 0 Å². The molecule has 120 valence electrons. The number of carbonyl (C=O) groups excluding carboxylic acids is 1. The van der Waals surface area contributed by atoms with E-state index in [-0.39, 0.29) is 17.2 Å². The first kappa shape index (κ1) is 13.3. The smallest absolute Gasteiger partial charge is 0.289 e. The van der Waals surface area contributed by atoms with E-state index in [9.17, 15) is 4.79 Å². The van der Waals surface area contributed by atoms with E-state index in [2.05, 4.69) is 10.2 Å². The maximum atomic E-state index is 12.6. The Kier molecular flexibility index (Phi) is 2.72. The molecule has 1 unspecified atom stereocenters. The average Bonchev–Trinajstić information content (AvgIpc) is 3.01. The fraction of sp³-hybridized carbons (Fsp3) is 0.588. The van der Waals surface area contributed by atoms with Gasteiger partial charge in [-0.2, -0.15) is 5.10 Å². The molecule has 2 aromatic heterocycles. The van der Waals surface area contributed by atoms with Crippen molar-refractivity contribution in [1.82, 2.24) is 20.1 Å². The zero-order valence-corrected chi connectivity index (χ0v) is 13.0. The summed E-state index contributed by atoms with van der Waals surface area (Å²) in [7, 11) is 0. The SMILES string of the molecule is O=C(c1ccco1)N1CC(c2nc(C3CC3)n[nH]2)C2(CCC2)C1. The summed E-state index contributed by atoms with van der Waals surface area (Å²) in [5.74, 6) is 3.18. The van der Waals surface area contributed by atoms with Gasteiger partial charge in [-0.25, -0.2) is 4.98 Å². The number of H-pyrrole nitrogens is 1. The van der Waals surface area contributed by atoms with Crippen LogP contribution in [0.5, 0.6) is 0 Å². The third kappa shape index (κ3) is 2.04. The number of hydrogen-bond acceptors (Lipinski definition) is 4.